The molecular formula is C18H23NO. The predicted molar refractivity (Wildman–Crippen MR) is 84.3 cm³/mol. The van der Waals surface area contributed by atoms with Crippen molar-refractivity contribution in [3.63, 3.8) is 0 Å². The molecule has 0 aliphatic heterocycles. The molecule has 0 spiro atoms. The Labute approximate surface area is 121 Å². The Morgan fingerprint density at radius 2 is 1.80 bits per heavy atom. The van der Waals surface area contributed by atoms with Crippen LogP contribution in [0.5, 0.6) is 11.5 Å². The van der Waals surface area contributed by atoms with E-state index in [-0.39, 0.29) is 6.04 Å². The highest BCUT2D eigenvalue weighted by Crippen LogP contribution is 2.32. The molecule has 0 saturated heterocycles. The van der Waals surface area contributed by atoms with Crippen LogP contribution >= 0.6 is 0 Å². The third-order valence-electron chi connectivity index (χ3n) is 3.67. The Bertz CT molecular complexity index is 563. The van der Waals surface area contributed by atoms with Crippen LogP contribution in [0.4, 0.5) is 0 Å². The fourth-order valence-corrected chi connectivity index (χ4v) is 2.19. The molecule has 20 heavy (non-hydrogen) atoms. The van der Waals surface area contributed by atoms with E-state index in [1.807, 2.05) is 43.3 Å². The molecule has 0 bridgehead atoms. The molecule has 0 aromatic heterocycles. The van der Waals surface area contributed by atoms with Crippen LogP contribution in [0.25, 0.3) is 0 Å². The average Bonchev–Trinajstić information content (AvgIpc) is 2.47. The molecule has 0 aliphatic carbocycles. The smallest absolute Gasteiger partial charge is 0.130 e. The minimum Gasteiger partial charge on any atom is -0.457 e. The van der Waals surface area contributed by atoms with Gasteiger partial charge in [0.2, 0.25) is 0 Å². The van der Waals surface area contributed by atoms with E-state index in [0.29, 0.717) is 5.92 Å². The summed E-state index contributed by atoms with van der Waals surface area (Å²) in [4.78, 5) is 0. The molecule has 2 nitrogen and oxygen atoms in total. The monoisotopic (exact) mass is 269 g/mol. The molecule has 2 N–H and O–H groups in total. The maximum Gasteiger partial charge on any atom is 0.130 e. The molecule has 0 fully saturated rings. The lowest BCUT2D eigenvalue weighted by atomic mass is 9.98. The quantitative estimate of drug-likeness (QED) is 0.827. The van der Waals surface area contributed by atoms with E-state index in [9.17, 15) is 0 Å². The van der Waals surface area contributed by atoms with E-state index in [1.54, 1.807) is 0 Å². The van der Waals surface area contributed by atoms with E-state index in [1.165, 1.54) is 5.56 Å². The topological polar surface area (TPSA) is 35.2 Å². The van der Waals surface area contributed by atoms with Crippen molar-refractivity contribution < 1.29 is 4.74 Å². The molecule has 106 valence electrons. The van der Waals surface area contributed by atoms with Gasteiger partial charge in [0, 0.05) is 6.04 Å². The first-order valence-corrected chi connectivity index (χ1v) is 7.24. The Balaban J connectivity index is 2.28. The summed E-state index contributed by atoms with van der Waals surface area (Å²) >= 11 is 0. The molecule has 0 aliphatic rings. The lowest BCUT2D eigenvalue weighted by Gasteiger charge is -2.16. The van der Waals surface area contributed by atoms with Gasteiger partial charge in [-0.3, -0.25) is 0 Å². The number of ether oxygens (including phenoxy) is 1. The Kier molecular flexibility index (Phi) is 4.80. The van der Waals surface area contributed by atoms with Gasteiger partial charge in [0.05, 0.1) is 0 Å². The Hall–Kier alpha value is -1.80. The highest BCUT2D eigenvalue weighted by Gasteiger charge is 2.10. The zero-order valence-corrected chi connectivity index (χ0v) is 12.5. The van der Waals surface area contributed by atoms with E-state index < -0.39 is 0 Å². The molecule has 2 heteroatoms. The standard InChI is InChI=1S/C18H23NO/c1-4-13(2)17-10-5-6-11-18(17)20-16-9-7-8-15(12-16)14(3)19/h5-14H,4,19H2,1-3H3. The highest BCUT2D eigenvalue weighted by molar-refractivity contribution is 5.41. The van der Waals surface area contributed by atoms with Gasteiger partial charge in [-0.05, 0) is 48.6 Å². The third kappa shape index (κ3) is 3.40. The largest absolute Gasteiger partial charge is 0.457 e. The summed E-state index contributed by atoms with van der Waals surface area (Å²) in [5.74, 6) is 2.27. The normalized spacial score (nSPS) is 13.8. The second-order valence-electron chi connectivity index (χ2n) is 5.31. The number of hydrogen-bond acceptors (Lipinski definition) is 2. The van der Waals surface area contributed by atoms with Gasteiger partial charge >= 0.3 is 0 Å². The number of benzene rings is 2. The Morgan fingerprint density at radius 3 is 2.50 bits per heavy atom. The SMILES string of the molecule is CCC(C)c1ccccc1Oc1cccc(C(C)N)c1. The maximum atomic E-state index is 6.07. The summed E-state index contributed by atoms with van der Waals surface area (Å²) in [5, 5.41) is 0. The molecule has 2 aromatic carbocycles. The molecule has 0 saturated carbocycles. The minimum atomic E-state index is 0.0170. The maximum absolute atomic E-state index is 6.07. The molecule has 2 rings (SSSR count). The van der Waals surface area contributed by atoms with E-state index in [4.69, 9.17) is 10.5 Å². The lowest BCUT2D eigenvalue weighted by molar-refractivity contribution is 0.469. The van der Waals surface area contributed by atoms with E-state index in [2.05, 4.69) is 26.0 Å². The third-order valence-corrected chi connectivity index (χ3v) is 3.67. The first kappa shape index (κ1) is 14.6. The van der Waals surface area contributed by atoms with Gasteiger partial charge in [0.25, 0.3) is 0 Å². The van der Waals surface area contributed by atoms with Crippen molar-refractivity contribution in [3.8, 4) is 11.5 Å². The van der Waals surface area contributed by atoms with E-state index >= 15 is 0 Å². The molecule has 2 aromatic rings. The summed E-state index contributed by atoms with van der Waals surface area (Å²) < 4.78 is 6.07. The first-order chi connectivity index (χ1) is 9.61. The van der Waals surface area contributed by atoms with Crippen LogP contribution in [0.3, 0.4) is 0 Å². The van der Waals surface area contributed by atoms with Gasteiger partial charge in [-0.1, -0.05) is 44.2 Å². The lowest BCUT2D eigenvalue weighted by Crippen LogP contribution is -2.04. The summed E-state index contributed by atoms with van der Waals surface area (Å²) in [6.45, 7) is 6.39. The van der Waals surface area contributed by atoms with Crippen molar-refractivity contribution in [2.75, 3.05) is 0 Å². The van der Waals surface area contributed by atoms with Gasteiger partial charge in [0.1, 0.15) is 11.5 Å². The highest BCUT2D eigenvalue weighted by atomic mass is 16.5. The van der Waals surface area contributed by atoms with E-state index in [0.717, 1.165) is 23.5 Å². The Morgan fingerprint density at radius 1 is 1.05 bits per heavy atom. The van der Waals surface area contributed by atoms with Crippen LogP contribution in [0.2, 0.25) is 0 Å². The zero-order chi connectivity index (χ0) is 14.5. The number of rotatable bonds is 5. The van der Waals surface area contributed by atoms with Crippen LogP contribution in [0.15, 0.2) is 48.5 Å². The van der Waals surface area contributed by atoms with Gasteiger partial charge in [-0.2, -0.15) is 0 Å². The fraction of sp³-hybridized carbons (Fsp3) is 0.333. The summed E-state index contributed by atoms with van der Waals surface area (Å²) in [7, 11) is 0. The van der Waals surface area contributed by atoms with Gasteiger partial charge < -0.3 is 10.5 Å². The van der Waals surface area contributed by atoms with Gasteiger partial charge in [0.15, 0.2) is 0 Å². The van der Waals surface area contributed by atoms with Gasteiger partial charge in [-0.25, -0.2) is 0 Å². The van der Waals surface area contributed by atoms with Crippen molar-refractivity contribution in [3.05, 3.63) is 59.7 Å². The van der Waals surface area contributed by atoms with Gasteiger partial charge in [-0.15, -0.1) is 0 Å². The minimum absolute atomic E-state index is 0.0170. The average molecular weight is 269 g/mol. The molecule has 2 unspecified atom stereocenters. The number of nitrogens with two attached hydrogens (primary N) is 1. The number of hydrogen-bond donors (Lipinski definition) is 1. The van der Waals surface area contributed by atoms with Crippen molar-refractivity contribution in [1.29, 1.82) is 0 Å². The summed E-state index contributed by atoms with van der Waals surface area (Å²) in [5.41, 5.74) is 8.26. The van der Waals surface area contributed by atoms with Crippen LogP contribution < -0.4 is 10.5 Å². The zero-order valence-electron chi connectivity index (χ0n) is 12.5. The molecule has 0 amide bonds. The molecule has 0 heterocycles. The molecular weight excluding hydrogens is 246 g/mol. The van der Waals surface area contributed by atoms with Crippen molar-refractivity contribution in [2.45, 2.75) is 39.2 Å². The summed E-state index contributed by atoms with van der Waals surface area (Å²) in [6.07, 6.45) is 1.10. The number of para-hydroxylation sites is 1. The van der Waals surface area contributed by atoms with Crippen molar-refractivity contribution >= 4 is 0 Å². The van der Waals surface area contributed by atoms with Crippen LogP contribution in [0.1, 0.15) is 50.3 Å². The first-order valence-electron chi connectivity index (χ1n) is 7.24. The molecule has 0 radical (unpaired) electrons. The summed E-state index contributed by atoms with van der Waals surface area (Å²) in [6, 6.07) is 16.3. The van der Waals surface area contributed by atoms with Crippen LogP contribution in [-0.4, -0.2) is 0 Å². The van der Waals surface area contributed by atoms with Crippen LogP contribution in [-0.2, 0) is 0 Å². The predicted octanol–water partition coefficient (Wildman–Crippen LogP) is 5.01. The molecule has 2 atom stereocenters. The van der Waals surface area contributed by atoms with Crippen LogP contribution in [0, 0.1) is 0 Å². The van der Waals surface area contributed by atoms with Crippen molar-refractivity contribution in [1.82, 2.24) is 0 Å². The fourth-order valence-electron chi connectivity index (χ4n) is 2.19. The second-order valence-corrected chi connectivity index (χ2v) is 5.31. The van der Waals surface area contributed by atoms with Crippen molar-refractivity contribution in [2.24, 2.45) is 5.73 Å². The second kappa shape index (κ2) is 6.58.